The fourth-order valence-electron chi connectivity index (χ4n) is 2.02. The minimum absolute atomic E-state index is 0.0247. The van der Waals surface area contributed by atoms with E-state index in [-0.39, 0.29) is 5.69 Å². The van der Waals surface area contributed by atoms with Crippen LogP contribution in [0.1, 0.15) is 23.5 Å². The van der Waals surface area contributed by atoms with E-state index in [9.17, 15) is 15.2 Å². The maximum absolute atomic E-state index is 11.2. The number of benzene rings is 1. The summed E-state index contributed by atoms with van der Waals surface area (Å²) in [6.45, 7) is 3.56. The first-order valence-corrected chi connectivity index (χ1v) is 6.99. The van der Waals surface area contributed by atoms with Gasteiger partial charge < -0.3 is 10.0 Å². The van der Waals surface area contributed by atoms with Crippen molar-refractivity contribution in [3.8, 4) is 0 Å². The standard InChI is InChI=1S/C14H16N2O3S/c1-9-6-4-5-7-11(9)15(3)14-12(16(18)19)8-13(20-14)10(2)17/h4-8,10,17H,1-3H3/t10-/m1/s1. The Hall–Kier alpha value is -1.92. The molecule has 1 aromatic carbocycles. The predicted molar refractivity (Wildman–Crippen MR) is 80.8 cm³/mol. The normalized spacial score (nSPS) is 12.2. The number of nitrogens with zero attached hydrogens (tertiary/aromatic N) is 2. The maximum Gasteiger partial charge on any atom is 0.304 e. The van der Waals surface area contributed by atoms with Crippen LogP contribution in [0.4, 0.5) is 16.4 Å². The number of para-hydroxylation sites is 1. The van der Waals surface area contributed by atoms with Gasteiger partial charge in [0.25, 0.3) is 0 Å². The van der Waals surface area contributed by atoms with Gasteiger partial charge in [-0.1, -0.05) is 18.2 Å². The van der Waals surface area contributed by atoms with Gasteiger partial charge in [-0.25, -0.2) is 0 Å². The molecule has 0 aliphatic rings. The Morgan fingerprint density at radius 2 is 2.05 bits per heavy atom. The second kappa shape index (κ2) is 5.60. The van der Waals surface area contributed by atoms with Gasteiger partial charge in [-0.05, 0) is 25.5 Å². The van der Waals surface area contributed by atoms with Gasteiger partial charge in [0.2, 0.25) is 0 Å². The Labute approximate surface area is 121 Å². The first-order valence-electron chi connectivity index (χ1n) is 6.17. The SMILES string of the molecule is Cc1ccccc1N(C)c1sc([C@@H](C)O)cc1[N+](=O)[O-]. The summed E-state index contributed by atoms with van der Waals surface area (Å²) in [6.07, 6.45) is -0.710. The molecule has 2 aromatic rings. The number of aliphatic hydroxyl groups excluding tert-OH is 1. The zero-order valence-electron chi connectivity index (χ0n) is 11.5. The van der Waals surface area contributed by atoms with Gasteiger partial charge in [0.1, 0.15) is 0 Å². The van der Waals surface area contributed by atoms with Crippen molar-refractivity contribution in [2.75, 3.05) is 11.9 Å². The van der Waals surface area contributed by atoms with Crippen molar-refractivity contribution in [3.63, 3.8) is 0 Å². The molecule has 5 nitrogen and oxygen atoms in total. The molecule has 0 saturated heterocycles. The summed E-state index contributed by atoms with van der Waals surface area (Å²) in [5, 5.41) is 21.3. The summed E-state index contributed by atoms with van der Waals surface area (Å²) >= 11 is 1.24. The van der Waals surface area contributed by atoms with E-state index in [0.29, 0.717) is 9.88 Å². The van der Waals surface area contributed by atoms with Gasteiger partial charge in [0.05, 0.1) is 11.0 Å². The second-order valence-electron chi connectivity index (χ2n) is 4.62. The van der Waals surface area contributed by atoms with E-state index in [2.05, 4.69) is 0 Å². The number of aliphatic hydroxyl groups is 1. The van der Waals surface area contributed by atoms with Crippen LogP contribution in [0.25, 0.3) is 0 Å². The summed E-state index contributed by atoms with van der Waals surface area (Å²) < 4.78 is 0. The van der Waals surface area contributed by atoms with E-state index in [1.54, 1.807) is 18.9 Å². The van der Waals surface area contributed by atoms with Gasteiger partial charge in [-0.2, -0.15) is 0 Å². The molecule has 0 unspecified atom stereocenters. The highest BCUT2D eigenvalue weighted by molar-refractivity contribution is 7.16. The lowest BCUT2D eigenvalue weighted by Crippen LogP contribution is -2.10. The molecule has 0 aliphatic heterocycles. The smallest absolute Gasteiger partial charge is 0.304 e. The number of nitro groups is 1. The molecule has 20 heavy (non-hydrogen) atoms. The molecule has 0 aliphatic carbocycles. The van der Waals surface area contributed by atoms with Gasteiger partial charge in [0, 0.05) is 23.7 Å². The van der Waals surface area contributed by atoms with E-state index < -0.39 is 11.0 Å². The van der Waals surface area contributed by atoms with Crippen LogP contribution >= 0.6 is 11.3 Å². The summed E-state index contributed by atoms with van der Waals surface area (Å²) in [7, 11) is 1.80. The third-order valence-electron chi connectivity index (χ3n) is 3.10. The highest BCUT2D eigenvalue weighted by Gasteiger charge is 2.24. The van der Waals surface area contributed by atoms with Crippen molar-refractivity contribution in [1.29, 1.82) is 0 Å². The molecule has 0 fully saturated rings. The van der Waals surface area contributed by atoms with E-state index in [4.69, 9.17) is 0 Å². The maximum atomic E-state index is 11.2. The summed E-state index contributed by atoms with van der Waals surface area (Å²) in [5.41, 5.74) is 1.97. The fourth-order valence-corrected chi connectivity index (χ4v) is 3.05. The lowest BCUT2D eigenvalue weighted by molar-refractivity contribution is -0.383. The van der Waals surface area contributed by atoms with Crippen LogP contribution in [0, 0.1) is 17.0 Å². The summed E-state index contributed by atoms with van der Waals surface area (Å²) in [5.74, 6) is 0. The van der Waals surface area contributed by atoms with Crippen molar-refractivity contribution in [2.45, 2.75) is 20.0 Å². The average Bonchev–Trinajstić information content (AvgIpc) is 2.84. The quantitative estimate of drug-likeness (QED) is 0.687. The first kappa shape index (κ1) is 14.5. The molecule has 106 valence electrons. The van der Waals surface area contributed by atoms with E-state index >= 15 is 0 Å². The molecule has 0 radical (unpaired) electrons. The third kappa shape index (κ3) is 2.66. The highest BCUT2D eigenvalue weighted by atomic mass is 32.1. The van der Waals surface area contributed by atoms with Crippen molar-refractivity contribution in [3.05, 3.63) is 50.9 Å². The predicted octanol–water partition coefficient (Wildman–Crippen LogP) is 3.79. The fraction of sp³-hybridized carbons (Fsp3) is 0.286. The summed E-state index contributed by atoms with van der Waals surface area (Å²) in [6, 6.07) is 9.14. The molecule has 1 atom stereocenters. The lowest BCUT2D eigenvalue weighted by atomic mass is 10.2. The number of hydrogen-bond donors (Lipinski definition) is 1. The molecule has 0 bridgehead atoms. The molecule has 0 amide bonds. The molecule has 6 heteroatoms. The molecule has 1 N–H and O–H groups in total. The van der Waals surface area contributed by atoms with Gasteiger partial charge in [-0.3, -0.25) is 10.1 Å². The largest absolute Gasteiger partial charge is 0.388 e. The van der Waals surface area contributed by atoms with Crippen LogP contribution in [0.2, 0.25) is 0 Å². The highest BCUT2D eigenvalue weighted by Crippen LogP contribution is 2.42. The van der Waals surface area contributed by atoms with Crippen molar-refractivity contribution >= 4 is 27.7 Å². The van der Waals surface area contributed by atoms with E-state index in [1.807, 2.05) is 31.2 Å². The molecule has 1 aromatic heterocycles. The Kier molecular flexibility index (Phi) is 4.06. The monoisotopic (exact) mass is 292 g/mol. The molecule has 0 spiro atoms. The van der Waals surface area contributed by atoms with E-state index in [1.165, 1.54) is 17.4 Å². The first-order chi connectivity index (χ1) is 9.41. The van der Waals surface area contributed by atoms with Gasteiger partial charge in [0.15, 0.2) is 5.00 Å². The molecular formula is C14H16N2O3S. The molecule has 1 heterocycles. The van der Waals surface area contributed by atoms with Crippen LogP contribution < -0.4 is 4.90 Å². The Balaban J connectivity index is 2.51. The molecule has 2 rings (SSSR count). The van der Waals surface area contributed by atoms with Crippen LogP contribution in [0.15, 0.2) is 30.3 Å². The second-order valence-corrected chi connectivity index (χ2v) is 5.68. The zero-order valence-corrected chi connectivity index (χ0v) is 12.3. The molecule has 0 saturated carbocycles. The van der Waals surface area contributed by atoms with Crippen LogP contribution in [0.5, 0.6) is 0 Å². The number of rotatable bonds is 4. The van der Waals surface area contributed by atoms with Gasteiger partial charge in [-0.15, -0.1) is 11.3 Å². The van der Waals surface area contributed by atoms with Crippen molar-refractivity contribution in [1.82, 2.24) is 0 Å². The van der Waals surface area contributed by atoms with E-state index in [0.717, 1.165) is 11.3 Å². The minimum Gasteiger partial charge on any atom is -0.388 e. The lowest BCUT2D eigenvalue weighted by Gasteiger charge is -2.19. The van der Waals surface area contributed by atoms with Crippen molar-refractivity contribution in [2.24, 2.45) is 0 Å². The van der Waals surface area contributed by atoms with Crippen molar-refractivity contribution < 1.29 is 10.0 Å². The average molecular weight is 292 g/mol. The minimum atomic E-state index is -0.710. The Morgan fingerprint density at radius 1 is 1.40 bits per heavy atom. The summed E-state index contributed by atoms with van der Waals surface area (Å²) in [4.78, 5) is 13.2. The zero-order chi connectivity index (χ0) is 14.9. The Morgan fingerprint density at radius 3 is 2.60 bits per heavy atom. The molecular weight excluding hydrogens is 276 g/mol. The van der Waals surface area contributed by atoms with Crippen LogP contribution in [-0.2, 0) is 0 Å². The number of aryl methyl sites for hydroxylation is 1. The Bertz CT molecular complexity index is 637. The number of anilines is 2. The van der Waals surface area contributed by atoms with Crippen LogP contribution in [0.3, 0.4) is 0 Å². The van der Waals surface area contributed by atoms with Crippen LogP contribution in [-0.4, -0.2) is 17.1 Å². The van der Waals surface area contributed by atoms with Gasteiger partial charge >= 0.3 is 5.69 Å². The number of hydrogen-bond acceptors (Lipinski definition) is 5. The third-order valence-corrected chi connectivity index (χ3v) is 4.47. The topological polar surface area (TPSA) is 66.6 Å². The number of thiophene rings is 1.